The number of ether oxygens (including phenoxy) is 2. The van der Waals surface area contributed by atoms with Crippen molar-refractivity contribution < 1.29 is 14.3 Å². The first-order valence-corrected chi connectivity index (χ1v) is 10.1. The zero-order valence-corrected chi connectivity index (χ0v) is 16.5. The number of benzene rings is 2. The Morgan fingerprint density at radius 1 is 1.07 bits per heavy atom. The smallest absolute Gasteiger partial charge is 0.230 e. The molecule has 0 unspecified atom stereocenters. The second-order valence-corrected chi connectivity index (χ2v) is 7.49. The molecule has 0 radical (unpaired) electrons. The molecule has 5 nitrogen and oxygen atoms in total. The minimum atomic E-state index is 0.0354. The molecular weight excluding hydrogens is 360 g/mol. The van der Waals surface area contributed by atoms with Gasteiger partial charge >= 0.3 is 0 Å². The molecule has 1 N–H and O–H groups in total. The fraction of sp³-hybridized carbons (Fsp3) is 0.381. The Kier molecular flexibility index (Phi) is 7.56. The number of morpholine rings is 1. The van der Waals surface area contributed by atoms with Crippen LogP contribution < -0.4 is 10.1 Å². The third-order valence-corrected chi connectivity index (χ3v) is 5.46. The summed E-state index contributed by atoms with van der Waals surface area (Å²) in [5, 5.41) is 2.98. The summed E-state index contributed by atoms with van der Waals surface area (Å²) in [6.07, 6.45) is 0. The average Bonchev–Trinajstić information content (AvgIpc) is 2.73. The van der Waals surface area contributed by atoms with Gasteiger partial charge in [0.15, 0.2) is 0 Å². The monoisotopic (exact) mass is 386 g/mol. The molecular formula is C21H26N2O3S. The molecule has 2 aromatic rings. The molecule has 0 spiro atoms. The summed E-state index contributed by atoms with van der Waals surface area (Å²) in [7, 11) is 1.64. The fourth-order valence-electron chi connectivity index (χ4n) is 2.85. The van der Waals surface area contributed by atoms with Crippen LogP contribution in [0.25, 0.3) is 0 Å². The number of carbonyl (C=O) groups excluding carboxylic acids is 1. The molecule has 1 saturated heterocycles. The van der Waals surface area contributed by atoms with Gasteiger partial charge in [-0.2, -0.15) is 0 Å². The van der Waals surface area contributed by atoms with E-state index >= 15 is 0 Å². The van der Waals surface area contributed by atoms with Crippen LogP contribution in [0.3, 0.4) is 0 Å². The average molecular weight is 387 g/mol. The molecule has 27 heavy (non-hydrogen) atoms. The van der Waals surface area contributed by atoms with E-state index in [9.17, 15) is 4.79 Å². The highest BCUT2D eigenvalue weighted by Gasteiger charge is 2.10. The van der Waals surface area contributed by atoms with Crippen LogP contribution >= 0.6 is 11.8 Å². The lowest BCUT2D eigenvalue weighted by Gasteiger charge is -2.26. The number of amides is 1. The van der Waals surface area contributed by atoms with E-state index in [1.165, 1.54) is 17.3 Å². The maximum atomic E-state index is 12.1. The first-order valence-electron chi connectivity index (χ1n) is 9.14. The lowest BCUT2D eigenvalue weighted by Crippen LogP contribution is -2.35. The number of hydrogen-bond acceptors (Lipinski definition) is 5. The van der Waals surface area contributed by atoms with E-state index < -0.39 is 0 Å². The molecule has 0 atom stereocenters. The summed E-state index contributed by atoms with van der Waals surface area (Å²) < 4.78 is 10.5. The molecule has 6 heteroatoms. The summed E-state index contributed by atoms with van der Waals surface area (Å²) in [5.74, 6) is 1.26. The molecule has 0 aromatic heterocycles. The van der Waals surface area contributed by atoms with Crippen molar-refractivity contribution in [2.75, 3.05) is 39.2 Å². The summed E-state index contributed by atoms with van der Waals surface area (Å²) in [6, 6.07) is 16.2. The third kappa shape index (κ3) is 6.57. The van der Waals surface area contributed by atoms with Crippen molar-refractivity contribution in [3.05, 3.63) is 59.7 Å². The zero-order valence-electron chi connectivity index (χ0n) is 15.6. The number of hydrogen-bond donors (Lipinski definition) is 1. The standard InChI is InChI=1S/C21H26N2O3S/c1-25-19-6-8-20(9-7-19)27-16-21(24)22-14-17-2-4-18(5-3-17)15-23-10-12-26-13-11-23/h2-9H,10-16H2,1H3,(H,22,24). The van der Waals surface area contributed by atoms with Crippen LogP contribution in [0, 0.1) is 0 Å². The van der Waals surface area contributed by atoms with Gasteiger partial charge in [-0.25, -0.2) is 0 Å². The van der Waals surface area contributed by atoms with Crippen molar-refractivity contribution >= 4 is 17.7 Å². The minimum absolute atomic E-state index is 0.0354. The van der Waals surface area contributed by atoms with Gasteiger partial charge in [0.1, 0.15) is 5.75 Å². The number of nitrogens with zero attached hydrogens (tertiary/aromatic N) is 1. The topological polar surface area (TPSA) is 50.8 Å². The Labute approximate surface area is 165 Å². The zero-order chi connectivity index (χ0) is 18.9. The van der Waals surface area contributed by atoms with Crippen molar-refractivity contribution in [1.29, 1.82) is 0 Å². The normalized spacial score (nSPS) is 14.7. The van der Waals surface area contributed by atoms with Crippen LogP contribution in [0.4, 0.5) is 0 Å². The van der Waals surface area contributed by atoms with Crippen LogP contribution in [0.15, 0.2) is 53.4 Å². The molecule has 144 valence electrons. The van der Waals surface area contributed by atoms with Gasteiger partial charge in [0, 0.05) is 31.1 Å². The van der Waals surface area contributed by atoms with Crippen molar-refractivity contribution in [2.45, 2.75) is 18.0 Å². The second-order valence-electron chi connectivity index (χ2n) is 6.45. The van der Waals surface area contributed by atoms with Crippen LogP contribution in [0.5, 0.6) is 5.75 Å². The Hall–Kier alpha value is -2.02. The Bertz CT molecular complexity index is 713. The molecule has 1 heterocycles. The maximum absolute atomic E-state index is 12.1. The van der Waals surface area contributed by atoms with Gasteiger partial charge in [-0.15, -0.1) is 11.8 Å². The van der Waals surface area contributed by atoms with Crippen LogP contribution in [-0.4, -0.2) is 50.0 Å². The van der Waals surface area contributed by atoms with Crippen molar-refractivity contribution in [1.82, 2.24) is 10.2 Å². The van der Waals surface area contributed by atoms with E-state index in [-0.39, 0.29) is 5.91 Å². The van der Waals surface area contributed by atoms with Gasteiger partial charge in [-0.05, 0) is 35.4 Å². The number of rotatable bonds is 8. The van der Waals surface area contributed by atoms with Crippen LogP contribution in [0.2, 0.25) is 0 Å². The molecule has 1 fully saturated rings. The predicted molar refractivity (Wildman–Crippen MR) is 108 cm³/mol. The highest BCUT2D eigenvalue weighted by atomic mass is 32.2. The van der Waals surface area contributed by atoms with Crippen molar-refractivity contribution in [3.8, 4) is 5.75 Å². The summed E-state index contributed by atoms with van der Waals surface area (Å²) in [6.45, 7) is 5.12. The van der Waals surface area contributed by atoms with E-state index in [0.29, 0.717) is 12.3 Å². The highest BCUT2D eigenvalue weighted by Crippen LogP contribution is 2.21. The predicted octanol–water partition coefficient (Wildman–Crippen LogP) is 2.94. The first kappa shape index (κ1) is 19.7. The molecule has 2 aromatic carbocycles. The van der Waals surface area contributed by atoms with Crippen LogP contribution in [-0.2, 0) is 22.6 Å². The second kappa shape index (κ2) is 10.3. The number of carbonyl (C=O) groups is 1. The number of nitrogens with one attached hydrogen (secondary N) is 1. The summed E-state index contributed by atoms with van der Waals surface area (Å²) in [4.78, 5) is 15.5. The summed E-state index contributed by atoms with van der Waals surface area (Å²) in [5.41, 5.74) is 2.41. The first-order chi connectivity index (χ1) is 13.2. The SMILES string of the molecule is COc1ccc(SCC(=O)NCc2ccc(CN3CCOCC3)cc2)cc1. The highest BCUT2D eigenvalue weighted by molar-refractivity contribution is 8.00. The van der Waals surface area contributed by atoms with E-state index in [0.717, 1.165) is 49.1 Å². The third-order valence-electron chi connectivity index (χ3n) is 4.45. The van der Waals surface area contributed by atoms with Gasteiger partial charge < -0.3 is 14.8 Å². The van der Waals surface area contributed by atoms with Crippen molar-refractivity contribution in [3.63, 3.8) is 0 Å². The number of thioether (sulfide) groups is 1. The van der Waals surface area contributed by atoms with Gasteiger partial charge in [-0.3, -0.25) is 9.69 Å². The van der Waals surface area contributed by atoms with Crippen LogP contribution in [0.1, 0.15) is 11.1 Å². The van der Waals surface area contributed by atoms with E-state index in [1.807, 2.05) is 24.3 Å². The van der Waals surface area contributed by atoms with E-state index in [1.54, 1.807) is 7.11 Å². The van der Waals surface area contributed by atoms with Gasteiger partial charge in [-0.1, -0.05) is 24.3 Å². The fourth-order valence-corrected chi connectivity index (χ4v) is 3.58. The van der Waals surface area contributed by atoms with Gasteiger partial charge in [0.05, 0.1) is 26.1 Å². The van der Waals surface area contributed by atoms with Gasteiger partial charge in [0.25, 0.3) is 0 Å². The largest absolute Gasteiger partial charge is 0.497 e. The summed E-state index contributed by atoms with van der Waals surface area (Å²) >= 11 is 1.52. The molecule has 0 bridgehead atoms. The van der Waals surface area contributed by atoms with Crippen molar-refractivity contribution in [2.24, 2.45) is 0 Å². The van der Waals surface area contributed by atoms with E-state index in [2.05, 4.69) is 34.5 Å². The van der Waals surface area contributed by atoms with Gasteiger partial charge in [0.2, 0.25) is 5.91 Å². The Morgan fingerprint density at radius 2 is 1.74 bits per heavy atom. The Balaban J connectivity index is 1.38. The van der Waals surface area contributed by atoms with E-state index in [4.69, 9.17) is 9.47 Å². The molecule has 3 rings (SSSR count). The quantitative estimate of drug-likeness (QED) is 0.707. The molecule has 1 aliphatic rings. The molecule has 1 amide bonds. The lowest BCUT2D eigenvalue weighted by atomic mass is 10.1. The lowest BCUT2D eigenvalue weighted by molar-refractivity contribution is -0.118. The number of methoxy groups -OCH3 is 1. The minimum Gasteiger partial charge on any atom is -0.497 e. The maximum Gasteiger partial charge on any atom is 0.230 e. The molecule has 0 aliphatic carbocycles. The Morgan fingerprint density at radius 3 is 2.41 bits per heavy atom. The molecule has 0 saturated carbocycles. The molecule has 1 aliphatic heterocycles.